The first-order chi connectivity index (χ1) is 8.56. The number of carboxylic acid groups (broad SMARTS) is 1. The van der Waals surface area contributed by atoms with E-state index in [0.717, 1.165) is 28.4 Å². The third-order valence-electron chi connectivity index (χ3n) is 3.64. The maximum atomic E-state index is 11.0. The molecule has 0 spiro atoms. The quantitative estimate of drug-likeness (QED) is 0.931. The van der Waals surface area contributed by atoms with E-state index in [-0.39, 0.29) is 6.42 Å². The van der Waals surface area contributed by atoms with Gasteiger partial charge in [0.15, 0.2) is 0 Å². The summed E-state index contributed by atoms with van der Waals surface area (Å²) >= 11 is 3.58. The fourth-order valence-electron chi connectivity index (χ4n) is 2.76. The second-order valence-corrected chi connectivity index (χ2v) is 5.48. The van der Waals surface area contributed by atoms with Crippen molar-refractivity contribution in [2.45, 2.75) is 39.0 Å². The Labute approximate surface area is 115 Å². The standard InChI is InChI=1S/C14H17BrO3/c1-8-9-5-3-4-6-10(9)13(15)14(18-2)11(8)7-12(16)17/h3-7H2,1-2H3,(H,16,17). The third-order valence-corrected chi connectivity index (χ3v) is 4.48. The number of halogens is 1. The summed E-state index contributed by atoms with van der Waals surface area (Å²) in [5.41, 5.74) is 4.50. The van der Waals surface area contributed by atoms with E-state index in [4.69, 9.17) is 9.84 Å². The predicted molar refractivity (Wildman–Crippen MR) is 73.4 cm³/mol. The molecule has 1 aromatic rings. The molecule has 0 saturated heterocycles. The number of hydrogen-bond donors (Lipinski definition) is 1. The summed E-state index contributed by atoms with van der Waals surface area (Å²) in [7, 11) is 1.60. The smallest absolute Gasteiger partial charge is 0.307 e. The Morgan fingerprint density at radius 3 is 2.50 bits per heavy atom. The van der Waals surface area contributed by atoms with E-state index < -0.39 is 5.97 Å². The zero-order valence-corrected chi connectivity index (χ0v) is 12.3. The fourth-order valence-corrected chi connectivity index (χ4v) is 3.60. The summed E-state index contributed by atoms with van der Waals surface area (Å²) < 4.78 is 6.36. The predicted octanol–water partition coefficient (Wildman–Crippen LogP) is 3.27. The topological polar surface area (TPSA) is 46.5 Å². The molecule has 1 aliphatic rings. The van der Waals surface area contributed by atoms with Crippen molar-refractivity contribution in [2.24, 2.45) is 0 Å². The van der Waals surface area contributed by atoms with Crippen LogP contribution in [0.3, 0.4) is 0 Å². The van der Waals surface area contributed by atoms with Crippen LogP contribution in [0.15, 0.2) is 4.47 Å². The van der Waals surface area contributed by atoms with Crippen molar-refractivity contribution in [3.63, 3.8) is 0 Å². The van der Waals surface area contributed by atoms with Crippen LogP contribution in [0.5, 0.6) is 5.75 Å². The number of ether oxygens (including phenoxy) is 1. The van der Waals surface area contributed by atoms with Gasteiger partial charge in [0, 0.05) is 5.56 Å². The van der Waals surface area contributed by atoms with E-state index in [9.17, 15) is 4.79 Å². The molecule has 0 aliphatic heterocycles. The van der Waals surface area contributed by atoms with Crippen molar-refractivity contribution < 1.29 is 14.6 Å². The lowest BCUT2D eigenvalue weighted by Gasteiger charge is -2.24. The van der Waals surface area contributed by atoms with Crippen LogP contribution < -0.4 is 4.74 Å². The second kappa shape index (κ2) is 5.31. The fraction of sp³-hybridized carbons (Fsp3) is 0.500. The average molecular weight is 313 g/mol. The molecule has 18 heavy (non-hydrogen) atoms. The molecule has 2 rings (SSSR count). The number of carbonyl (C=O) groups is 1. The van der Waals surface area contributed by atoms with Gasteiger partial charge in [-0.25, -0.2) is 0 Å². The normalized spacial score (nSPS) is 14.2. The monoisotopic (exact) mass is 312 g/mol. The lowest BCUT2D eigenvalue weighted by Crippen LogP contribution is -2.12. The zero-order chi connectivity index (χ0) is 13.3. The van der Waals surface area contributed by atoms with Crippen LogP contribution in [0.4, 0.5) is 0 Å². The molecule has 4 heteroatoms. The third kappa shape index (κ3) is 2.26. The van der Waals surface area contributed by atoms with Crippen LogP contribution in [0.25, 0.3) is 0 Å². The van der Waals surface area contributed by atoms with Gasteiger partial charge in [-0.15, -0.1) is 0 Å². The Bertz CT molecular complexity index is 495. The lowest BCUT2D eigenvalue weighted by atomic mass is 9.85. The van der Waals surface area contributed by atoms with Gasteiger partial charge in [0.1, 0.15) is 5.75 Å². The molecular formula is C14H17BrO3. The van der Waals surface area contributed by atoms with Gasteiger partial charge < -0.3 is 9.84 Å². The number of aliphatic carboxylic acids is 1. The summed E-state index contributed by atoms with van der Waals surface area (Å²) in [4.78, 5) is 11.0. The molecule has 0 atom stereocenters. The van der Waals surface area contributed by atoms with E-state index in [1.54, 1.807) is 7.11 Å². The molecule has 0 saturated carbocycles. The molecule has 0 radical (unpaired) electrons. The van der Waals surface area contributed by atoms with Crippen molar-refractivity contribution in [2.75, 3.05) is 7.11 Å². The summed E-state index contributed by atoms with van der Waals surface area (Å²) in [6, 6.07) is 0. The van der Waals surface area contributed by atoms with Crippen molar-refractivity contribution in [1.82, 2.24) is 0 Å². The minimum atomic E-state index is -0.820. The van der Waals surface area contributed by atoms with Crippen molar-refractivity contribution in [3.05, 3.63) is 26.7 Å². The van der Waals surface area contributed by atoms with E-state index in [1.807, 2.05) is 6.92 Å². The Morgan fingerprint density at radius 1 is 1.33 bits per heavy atom. The van der Waals surface area contributed by atoms with Crippen LogP contribution in [0.2, 0.25) is 0 Å². The molecule has 1 aliphatic carbocycles. The van der Waals surface area contributed by atoms with Gasteiger partial charge in [-0.3, -0.25) is 4.79 Å². The molecule has 0 bridgehead atoms. The second-order valence-electron chi connectivity index (χ2n) is 4.69. The Morgan fingerprint density at radius 2 is 1.94 bits per heavy atom. The molecule has 98 valence electrons. The highest BCUT2D eigenvalue weighted by atomic mass is 79.9. The van der Waals surface area contributed by atoms with Crippen molar-refractivity contribution in [3.8, 4) is 5.75 Å². The lowest BCUT2D eigenvalue weighted by molar-refractivity contribution is -0.136. The van der Waals surface area contributed by atoms with Crippen molar-refractivity contribution >= 4 is 21.9 Å². The minimum absolute atomic E-state index is 0.0148. The highest BCUT2D eigenvalue weighted by molar-refractivity contribution is 9.10. The van der Waals surface area contributed by atoms with Crippen molar-refractivity contribution in [1.29, 1.82) is 0 Å². The maximum Gasteiger partial charge on any atom is 0.307 e. The van der Waals surface area contributed by atoms with E-state index in [1.165, 1.54) is 24.0 Å². The van der Waals surface area contributed by atoms with Gasteiger partial charge in [-0.1, -0.05) is 0 Å². The summed E-state index contributed by atoms with van der Waals surface area (Å²) in [5, 5.41) is 9.04. The first-order valence-corrected chi connectivity index (χ1v) is 6.94. The highest BCUT2D eigenvalue weighted by Gasteiger charge is 2.23. The number of fused-ring (bicyclic) bond motifs is 1. The summed E-state index contributed by atoms with van der Waals surface area (Å²) in [6.45, 7) is 2.01. The number of methoxy groups -OCH3 is 1. The number of rotatable bonds is 3. The van der Waals surface area contributed by atoms with E-state index in [0.29, 0.717) is 5.75 Å². The maximum absolute atomic E-state index is 11.0. The summed E-state index contributed by atoms with van der Waals surface area (Å²) in [6.07, 6.45) is 4.46. The molecule has 0 amide bonds. The number of benzene rings is 1. The Kier molecular flexibility index (Phi) is 3.95. The molecular weight excluding hydrogens is 296 g/mol. The van der Waals surface area contributed by atoms with Crippen LogP contribution in [-0.2, 0) is 24.1 Å². The molecule has 1 N–H and O–H groups in total. The molecule has 0 unspecified atom stereocenters. The van der Waals surface area contributed by atoms with Gasteiger partial charge in [0.25, 0.3) is 0 Å². The number of hydrogen-bond acceptors (Lipinski definition) is 2. The first kappa shape index (κ1) is 13.4. The van der Waals surface area contributed by atoms with Gasteiger partial charge in [0.2, 0.25) is 0 Å². The average Bonchev–Trinajstić information content (AvgIpc) is 2.36. The van der Waals surface area contributed by atoms with Crippen LogP contribution in [0, 0.1) is 6.92 Å². The molecule has 1 aromatic carbocycles. The van der Waals surface area contributed by atoms with Gasteiger partial charge in [-0.2, -0.15) is 0 Å². The van der Waals surface area contributed by atoms with Gasteiger partial charge >= 0.3 is 5.97 Å². The zero-order valence-electron chi connectivity index (χ0n) is 10.7. The first-order valence-electron chi connectivity index (χ1n) is 6.14. The summed E-state index contributed by atoms with van der Waals surface area (Å²) in [5.74, 6) is -0.130. The van der Waals surface area contributed by atoms with Crippen LogP contribution >= 0.6 is 15.9 Å². The van der Waals surface area contributed by atoms with Crippen LogP contribution in [0.1, 0.15) is 35.1 Å². The highest BCUT2D eigenvalue weighted by Crippen LogP contribution is 2.41. The SMILES string of the molecule is COc1c(Br)c2c(c(C)c1CC(=O)O)CCCC2. The Hall–Kier alpha value is -1.03. The molecule has 3 nitrogen and oxygen atoms in total. The molecule has 0 aromatic heterocycles. The minimum Gasteiger partial charge on any atom is -0.495 e. The number of carboxylic acids is 1. The Balaban J connectivity index is 2.64. The van der Waals surface area contributed by atoms with Crippen LogP contribution in [-0.4, -0.2) is 18.2 Å². The van der Waals surface area contributed by atoms with Gasteiger partial charge in [-0.05, 0) is 65.2 Å². The molecule has 0 heterocycles. The molecule has 0 fully saturated rings. The van der Waals surface area contributed by atoms with Gasteiger partial charge in [0.05, 0.1) is 18.0 Å². The van der Waals surface area contributed by atoms with E-state index >= 15 is 0 Å². The largest absolute Gasteiger partial charge is 0.495 e. The van der Waals surface area contributed by atoms with E-state index in [2.05, 4.69) is 15.9 Å².